The highest BCUT2D eigenvalue weighted by atomic mass is 79.9. The van der Waals surface area contributed by atoms with E-state index in [1.807, 2.05) is 25.1 Å². The minimum absolute atomic E-state index is 0.266. The molecule has 0 bridgehead atoms. The first kappa shape index (κ1) is 12.4. The van der Waals surface area contributed by atoms with Crippen molar-refractivity contribution in [3.63, 3.8) is 0 Å². The first-order valence-electron chi connectivity index (χ1n) is 5.44. The van der Waals surface area contributed by atoms with Gasteiger partial charge in [0.1, 0.15) is 0 Å². The lowest BCUT2D eigenvalue weighted by molar-refractivity contribution is 0.0978. The van der Waals surface area contributed by atoms with Gasteiger partial charge in [-0.05, 0) is 31.0 Å². The maximum absolute atomic E-state index is 11.9. The average molecular weight is 269 g/mol. The summed E-state index contributed by atoms with van der Waals surface area (Å²) in [7, 11) is 0. The number of halogens is 1. The minimum Gasteiger partial charge on any atom is -0.294 e. The molecule has 0 spiro atoms. The fourth-order valence-electron chi connectivity index (χ4n) is 1.56. The van der Waals surface area contributed by atoms with Crippen LogP contribution < -0.4 is 0 Å². The minimum atomic E-state index is 0.266. The van der Waals surface area contributed by atoms with Crippen LogP contribution in [0.15, 0.2) is 22.7 Å². The predicted octanol–water partition coefficient (Wildman–Crippen LogP) is 4.52. The van der Waals surface area contributed by atoms with Crippen LogP contribution in [0.25, 0.3) is 0 Å². The van der Waals surface area contributed by atoms with Crippen molar-refractivity contribution < 1.29 is 4.79 Å². The summed E-state index contributed by atoms with van der Waals surface area (Å²) in [6.45, 7) is 4.13. The Morgan fingerprint density at radius 3 is 2.73 bits per heavy atom. The largest absolute Gasteiger partial charge is 0.294 e. The van der Waals surface area contributed by atoms with E-state index in [-0.39, 0.29) is 5.78 Å². The molecule has 0 saturated heterocycles. The van der Waals surface area contributed by atoms with E-state index in [4.69, 9.17) is 0 Å². The number of unbranched alkanes of at least 4 members (excludes halogenated alkanes) is 2. The molecule has 0 aliphatic carbocycles. The number of carbonyl (C=O) groups excluding carboxylic acids is 1. The third-order valence-electron chi connectivity index (χ3n) is 2.51. The highest BCUT2D eigenvalue weighted by molar-refractivity contribution is 9.10. The molecule has 1 aromatic carbocycles. The number of aryl methyl sites for hydroxylation is 1. The second-order valence-corrected chi connectivity index (χ2v) is 4.76. The van der Waals surface area contributed by atoms with Gasteiger partial charge in [-0.3, -0.25) is 4.79 Å². The molecule has 15 heavy (non-hydrogen) atoms. The van der Waals surface area contributed by atoms with Crippen molar-refractivity contribution in [1.82, 2.24) is 0 Å². The van der Waals surface area contributed by atoms with E-state index in [2.05, 4.69) is 22.9 Å². The molecule has 2 heteroatoms. The van der Waals surface area contributed by atoms with Crippen molar-refractivity contribution in [2.45, 2.75) is 39.5 Å². The molecule has 0 aromatic heterocycles. The Hall–Kier alpha value is -0.630. The molecule has 1 nitrogen and oxygen atoms in total. The van der Waals surface area contributed by atoms with Crippen LogP contribution in [0.5, 0.6) is 0 Å². The van der Waals surface area contributed by atoms with Crippen LogP contribution in [0.1, 0.15) is 48.5 Å². The molecule has 0 N–H and O–H groups in total. The SMILES string of the molecule is CCCCCC(=O)c1cc(Br)ccc1C. The summed E-state index contributed by atoms with van der Waals surface area (Å²) in [6, 6.07) is 5.87. The van der Waals surface area contributed by atoms with Crippen LogP contribution in [0.2, 0.25) is 0 Å². The molecule has 1 rings (SSSR count). The normalized spacial score (nSPS) is 10.3. The second kappa shape index (κ2) is 6.06. The van der Waals surface area contributed by atoms with Gasteiger partial charge in [0.05, 0.1) is 0 Å². The molecule has 0 heterocycles. The summed E-state index contributed by atoms with van der Waals surface area (Å²) in [5.41, 5.74) is 1.93. The van der Waals surface area contributed by atoms with Crippen molar-refractivity contribution >= 4 is 21.7 Å². The first-order valence-corrected chi connectivity index (χ1v) is 6.23. The summed E-state index contributed by atoms with van der Waals surface area (Å²) in [5, 5.41) is 0. The molecule has 0 aliphatic heterocycles. The lowest BCUT2D eigenvalue weighted by Crippen LogP contribution is -2.01. The Labute approximate surface area is 100 Å². The Kier molecular flexibility index (Phi) is 5.03. The smallest absolute Gasteiger partial charge is 0.163 e. The maximum atomic E-state index is 11.9. The maximum Gasteiger partial charge on any atom is 0.163 e. The van der Waals surface area contributed by atoms with Gasteiger partial charge in [0, 0.05) is 16.5 Å². The monoisotopic (exact) mass is 268 g/mol. The van der Waals surface area contributed by atoms with E-state index in [1.165, 1.54) is 0 Å². The van der Waals surface area contributed by atoms with Crippen LogP contribution in [-0.2, 0) is 0 Å². The van der Waals surface area contributed by atoms with Gasteiger partial charge in [-0.2, -0.15) is 0 Å². The summed E-state index contributed by atoms with van der Waals surface area (Å²) in [4.78, 5) is 11.9. The zero-order valence-electron chi connectivity index (χ0n) is 9.35. The molecular weight excluding hydrogens is 252 g/mol. The molecular formula is C13H17BrO. The molecule has 0 amide bonds. The Bertz CT molecular complexity index is 344. The molecule has 0 atom stereocenters. The highest BCUT2D eigenvalue weighted by Gasteiger charge is 2.08. The number of rotatable bonds is 5. The molecule has 1 aromatic rings. The van der Waals surface area contributed by atoms with E-state index >= 15 is 0 Å². The van der Waals surface area contributed by atoms with E-state index in [1.54, 1.807) is 0 Å². The number of carbonyl (C=O) groups is 1. The van der Waals surface area contributed by atoms with Gasteiger partial charge in [0.2, 0.25) is 0 Å². The van der Waals surface area contributed by atoms with E-state index in [0.717, 1.165) is 34.9 Å². The average Bonchev–Trinajstić information content (AvgIpc) is 2.22. The van der Waals surface area contributed by atoms with Gasteiger partial charge in [0.25, 0.3) is 0 Å². The fraction of sp³-hybridized carbons (Fsp3) is 0.462. The Morgan fingerprint density at radius 2 is 2.07 bits per heavy atom. The van der Waals surface area contributed by atoms with E-state index in [9.17, 15) is 4.79 Å². The van der Waals surface area contributed by atoms with Crippen LogP contribution in [0.3, 0.4) is 0 Å². The van der Waals surface area contributed by atoms with Gasteiger partial charge in [0.15, 0.2) is 5.78 Å². The van der Waals surface area contributed by atoms with Crippen molar-refractivity contribution in [3.05, 3.63) is 33.8 Å². The van der Waals surface area contributed by atoms with Crippen molar-refractivity contribution in [2.75, 3.05) is 0 Å². The van der Waals surface area contributed by atoms with Crippen LogP contribution in [0, 0.1) is 6.92 Å². The summed E-state index contributed by atoms with van der Waals surface area (Å²) >= 11 is 3.39. The van der Waals surface area contributed by atoms with E-state index < -0.39 is 0 Å². The summed E-state index contributed by atoms with van der Waals surface area (Å²) in [5.74, 6) is 0.266. The fourth-order valence-corrected chi connectivity index (χ4v) is 1.93. The van der Waals surface area contributed by atoms with Crippen LogP contribution in [0.4, 0.5) is 0 Å². The predicted molar refractivity (Wildman–Crippen MR) is 67.4 cm³/mol. The highest BCUT2D eigenvalue weighted by Crippen LogP contribution is 2.18. The molecule has 0 aliphatic rings. The quantitative estimate of drug-likeness (QED) is 0.567. The van der Waals surface area contributed by atoms with Gasteiger partial charge in [-0.15, -0.1) is 0 Å². The molecule has 0 saturated carbocycles. The van der Waals surface area contributed by atoms with Crippen molar-refractivity contribution in [1.29, 1.82) is 0 Å². The van der Waals surface area contributed by atoms with Gasteiger partial charge >= 0.3 is 0 Å². The molecule has 0 unspecified atom stereocenters. The number of hydrogen-bond acceptors (Lipinski definition) is 1. The van der Waals surface area contributed by atoms with E-state index in [0.29, 0.717) is 6.42 Å². The lowest BCUT2D eigenvalue weighted by atomic mass is 10.0. The van der Waals surface area contributed by atoms with Crippen LogP contribution >= 0.6 is 15.9 Å². The van der Waals surface area contributed by atoms with Gasteiger partial charge in [-0.25, -0.2) is 0 Å². The van der Waals surface area contributed by atoms with Gasteiger partial charge in [-0.1, -0.05) is 41.8 Å². The topological polar surface area (TPSA) is 17.1 Å². The first-order chi connectivity index (χ1) is 7.15. The lowest BCUT2D eigenvalue weighted by Gasteiger charge is -2.05. The standard InChI is InChI=1S/C13H17BrO/c1-3-4-5-6-13(15)12-9-11(14)8-7-10(12)2/h7-9H,3-6H2,1-2H3. The van der Waals surface area contributed by atoms with Gasteiger partial charge < -0.3 is 0 Å². The number of ketones is 1. The van der Waals surface area contributed by atoms with Crippen molar-refractivity contribution in [3.8, 4) is 0 Å². The molecule has 0 radical (unpaired) electrons. The zero-order chi connectivity index (χ0) is 11.3. The van der Waals surface area contributed by atoms with Crippen molar-refractivity contribution in [2.24, 2.45) is 0 Å². The number of hydrogen-bond donors (Lipinski definition) is 0. The molecule has 82 valence electrons. The summed E-state index contributed by atoms with van der Waals surface area (Å²) in [6.07, 6.45) is 3.97. The summed E-state index contributed by atoms with van der Waals surface area (Å²) < 4.78 is 0.979. The zero-order valence-corrected chi connectivity index (χ0v) is 10.9. The third-order valence-corrected chi connectivity index (χ3v) is 3.00. The number of Topliss-reactive ketones (excluding diaryl/α,β-unsaturated/α-hetero) is 1. The van der Waals surface area contributed by atoms with Crippen LogP contribution in [-0.4, -0.2) is 5.78 Å². The molecule has 0 fully saturated rings. The number of benzene rings is 1. The Morgan fingerprint density at radius 1 is 1.33 bits per heavy atom. The Balaban J connectivity index is 2.68. The third kappa shape index (κ3) is 3.78. The second-order valence-electron chi connectivity index (χ2n) is 3.84.